The first-order chi connectivity index (χ1) is 27.6. The zero-order valence-electron chi connectivity index (χ0n) is 31.1. The van der Waals surface area contributed by atoms with E-state index in [1.807, 2.05) is 0 Å². The minimum Gasteiger partial charge on any atom is -0.465 e. The van der Waals surface area contributed by atoms with Crippen molar-refractivity contribution in [1.29, 1.82) is 0 Å². The highest BCUT2D eigenvalue weighted by Gasteiger charge is 2.19. The van der Waals surface area contributed by atoms with Crippen molar-refractivity contribution < 1.29 is 72.5 Å². The number of benzene rings is 4. The lowest BCUT2D eigenvalue weighted by Crippen LogP contribution is -2.20. The van der Waals surface area contributed by atoms with Gasteiger partial charge in [-0.3, -0.25) is 30.3 Å². The molecule has 0 bridgehead atoms. The van der Waals surface area contributed by atoms with Crippen molar-refractivity contribution in [2.24, 2.45) is 0 Å². The number of nitro benzene ring substituents is 2. The number of nitro groups is 2. The van der Waals surface area contributed by atoms with E-state index in [-0.39, 0.29) is 41.2 Å². The van der Waals surface area contributed by atoms with E-state index in [0.29, 0.717) is 34.4 Å². The van der Waals surface area contributed by atoms with Gasteiger partial charge in [0.25, 0.3) is 11.4 Å². The average Bonchev–Trinajstić information content (AvgIpc) is 3.24. The number of anilines is 2. The Morgan fingerprint density at radius 2 is 1.14 bits per heavy atom. The summed E-state index contributed by atoms with van der Waals surface area (Å²) in [6.07, 6.45) is -0.149. The molecule has 0 spiro atoms. The standard InChI is InChI=1S/C10H9NO4.C9H9NO5.C9H7NO5.C9H11NO3/c1-14-9(12)6-2-3-7-5-15-10(13)11-8(7)4-6;2*1-15-9(12)6-2-3-7(5-11)8(4-6)10(13)14;1-13-9(12)6-2-3-7(5-11)8(10)4-6/h2-4H,5H2,1H3,(H,11,13);2-4,11H,5H2,1H3;2-5H,1H3;2-4,11H,5,10H2,1H3. The Hall–Kier alpha value is -7.78. The number of aliphatic hydroxyl groups is 2. The molecule has 0 saturated carbocycles. The summed E-state index contributed by atoms with van der Waals surface area (Å²) >= 11 is 0. The number of aliphatic hydroxyl groups excluding tert-OH is 2. The average molecular weight is 809 g/mol. The molecule has 1 aliphatic rings. The van der Waals surface area contributed by atoms with Gasteiger partial charge in [-0.25, -0.2) is 24.0 Å². The van der Waals surface area contributed by atoms with E-state index in [9.17, 15) is 49.0 Å². The third-order valence-corrected chi connectivity index (χ3v) is 7.51. The number of methoxy groups -OCH3 is 4. The van der Waals surface area contributed by atoms with Crippen LogP contribution in [0.2, 0.25) is 0 Å². The van der Waals surface area contributed by atoms with Crippen molar-refractivity contribution in [2.45, 2.75) is 19.8 Å². The van der Waals surface area contributed by atoms with Crippen LogP contribution in [0.1, 0.15) is 68.5 Å². The Morgan fingerprint density at radius 3 is 1.59 bits per heavy atom. The molecule has 4 aromatic carbocycles. The van der Waals surface area contributed by atoms with Gasteiger partial charge in [-0.2, -0.15) is 0 Å². The molecule has 21 heteroatoms. The van der Waals surface area contributed by atoms with Crippen LogP contribution < -0.4 is 11.1 Å². The topological polar surface area (TPSA) is 313 Å². The van der Waals surface area contributed by atoms with Crippen LogP contribution in [-0.2, 0) is 43.5 Å². The summed E-state index contributed by atoms with van der Waals surface area (Å²) in [6.45, 7) is -0.354. The number of carbonyl (C=O) groups excluding carboxylic acids is 6. The molecule has 0 radical (unpaired) electrons. The van der Waals surface area contributed by atoms with Crippen LogP contribution in [0.4, 0.5) is 27.5 Å². The number of hydrogen-bond donors (Lipinski definition) is 4. The van der Waals surface area contributed by atoms with Crippen molar-refractivity contribution in [2.75, 3.05) is 39.5 Å². The summed E-state index contributed by atoms with van der Waals surface area (Å²) in [5, 5.41) is 41.3. The van der Waals surface area contributed by atoms with Crippen LogP contribution in [0.25, 0.3) is 0 Å². The highest BCUT2D eigenvalue weighted by atomic mass is 16.6. The molecular weight excluding hydrogens is 772 g/mol. The molecule has 1 heterocycles. The SMILES string of the molecule is COC(=O)c1ccc(C=O)c([N+](=O)[O-])c1.COC(=O)c1ccc(CO)c(N)c1.COC(=O)c1ccc(CO)c([N+](=O)[O-])c1.COC(=O)c1ccc2c(c1)NC(=O)OC2. The summed E-state index contributed by atoms with van der Waals surface area (Å²) in [7, 11) is 4.97. The number of fused-ring (bicyclic) bond motifs is 1. The summed E-state index contributed by atoms with van der Waals surface area (Å²) in [4.78, 5) is 85.5. The first kappa shape index (κ1) is 46.4. The Labute approximate surface area is 328 Å². The molecule has 0 unspecified atom stereocenters. The maximum Gasteiger partial charge on any atom is 0.411 e. The van der Waals surface area contributed by atoms with E-state index in [0.717, 1.165) is 17.7 Å². The first-order valence-electron chi connectivity index (χ1n) is 16.1. The number of hydrogen-bond acceptors (Lipinski definition) is 18. The van der Waals surface area contributed by atoms with E-state index in [2.05, 4.69) is 24.3 Å². The van der Waals surface area contributed by atoms with Gasteiger partial charge in [-0.15, -0.1) is 0 Å². The van der Waals surface area contributed by atoms with Gasteiger partial charge < -0.3 is 39.6 Å². The summed E-state index contributed by atoms with van der Waals surface area (Å²) < 4.78 is 22.7. The molecule has 0 atom stereocenters. The zero-order valence-corrected chi connectivity index (χ0v) is 31.1. The predicted molar refractivity (Wildman–Crippen MR) is 200 cm³/mol. The third-order valence-electron chi connectivity index (χ3n) is 7.51. The number of esters is 4. The van der Waals surface area contributed by atoms with E-state index >= 15 is 0 Å². The molecule has 5 N–H and O–H groups in total. The fraction of sp³-hybridized carbons (Fsp3) is 0.189. The van der Waals surface area contributed by atoms with Crippen molar-refractivity contribution in [3.05, 3.63) is 138 Å². The molecule has 5 rings (SSSR count). The second-order valence-corrected chi connectivity index (χ2v) is 11.0. The number of rotatable bonds is 9. The smallest absolute Gasteiger partial charge is 0.411 e. The van der Waals surface area contributed by atoms with Gasteiger partial charge in [0.2, 0.25) is 0 Å². The number of cyclic esters (lactones) is 1. The van der Waals surface area contributed by atoms with Crippen LogP contribution in [0.5, 0.6) is 0 Å². The highest BCUT2D eigenvalue weighted by Crippen LogP contribution is 2.24. The number of nitrogens with two attached hydrogens (primary N) is 1. The first-order valence-corrected chi connectivity index (χ1v) is 16.1. The number of nitrogen functional groups attached to an aromatic ring is 1. The number of carbonyl (C=O) groups is 6. The molecule has 21 nitrogen and oxygen atoms in total. The molecule has 4 aromatic rings. The Balaban J connectivity index is 0.000000267. The molecule has 1 aliphatic heterocycles. The van der Waals surface area contributed by atoms with Gasteiger partial charge >= 0.3 is 30.0 Å². The van der Waals surface area contributed by atoms with E-state index < -0.39 is 52.1 Å². The van der Waals surface area contributed by atoms with Crippen molar-refractivity contribution in [3.63, 3.8) is 0 Å². The monoisotopic (exact) mass is 808 g/mol. The number of aldehydes is 1. The van der Waals surface area contributed by atoms with Gasteiger partial charge in [-0.05, 0) is 48.5 Å². The predicted octanol–water partition coefficient (Wildman–Crippen LogP) is 4.15. The zero-order chi connectivity index (χ0) is 43.5. The third kappa shape index (κ3) is 12.9. The van der Waals surface area contributed by atoms with E-state index in [1.54, 1.807) is 30.3 Å². The number of amides is 1. The fourth-order valence-corrected chi connectivity index (χ4v) is 4.50. The normalized spacial score (nSPS) is 10.6. The molecule has 306 valence electrons. The maximum atomic E-state index is 11.2. The molecule has 58 heavy (non-hydrogen) atoms. The molecular formula is C37H36N4O17. The lowest BCUT2D eigenvalue weighted by molar-refractivity contribution is -0.385. The number of nitrogens with one attached hydrogen (secondary N) is 1. The minimum absolute atomic E-state index is 0.0369. The molecule has 0 aromatic heterocycles. The highest BCUT2D eigenvalue weighted by molar-refractivity contribution is 5.94. The largest absolute Gasteiger partial charge is 0.465 e. The second-order valence-electron chi connectivity index (χ2n) is 11.0. The fourth-order valence-electron chi connectivity index (χ4n) is 4.50. The van der Waals surface area contributed by atoms with Crippen LogP contribution >= 0.6 is 0 Å². The van der Waals surface area contributed by atoms with Gasteiger partial charge in [0.15, 0.2) is 6.29 Å². The van der Waals surface area contributed by atoms with Gasteiger partial charge in [0.1, 0.15) is 6.61 Å². The number of nitrogens with zero attached hydrogens (tertiary/aromatic N) is 2. The lowest BCUT2D eigenvalue weighted by atomic mass is 10.1. The van der Waals surface area contributed by atoms with Gasteiger partial charge in [0.05, 0.1) is 90.6 Å². The van der Waals surface area contributed by atoms with E-state index in [4.69, 9.17) is 20.7 Å². The van der Waals surface area contributed by atoms with Crippen LogP contribution in [-0.4, -0.2) is 84.8 Å². The second kappa shape index (κ2) is 22.6. The Morgan fingerprint density at radius 1 is 0.707 bits per heavy atom. The number of ether oxygens (including phenoxy) is 5. The maximum absolute atomic E-state index is 11.2. The van der Waals surface area contributed by atoms with Gasteiger partial charge in [0, 0.05) is 28.9 Å². The van der Waals surface area contributed by atoms with Crippen LogP contribution in [0.15, 0.2) is 72.8 Å². The molecule has 1 amide bonds. The van der Waals surface area contributed by atoms with E-state index in [1.165, 1.54) is 58.8 Å². The molecule has 0 saturated heterocycles. The minimum atomic E-state index is -0.726. The summed E-state index contributed by atoms with van der Waals surface area (Å²) in [5.74, 6) is -2.20. The lowest BCUT2D eigenvalue weighted by Gasteiger charge is -2.17. The van der Waals surface area contributed by atoms with Crippen molar-refractivity contribution in [1.82, 2.24) is 0 Å². The van der Waals surface area contributed by atoms with Crippen LogP contribution in [0, 0.1) is 20.2 Å². The molecule has 0 aliphatic carbocycles. The van der Waals surface area contributed by atoms with Crippen molar-refractivity contribution in [3.8, 4) is 0 Å². The quantitative estimate of drug-likeness (QED) is 0.0461. The summed E-state index contributed by atoms with van der Waals surface area (Å²) in [5.41, 5.74) is 8.27. The van der Waals surface area contributed by atoms with Crippen molar-refractivity contribution >= 4 is 59.0 Å². The molecule has 0 fully saturated rings. The van der Waals surface area contributed by atoms with Gasteiger partial charge in [-0.1, -0.05) is 12.1 Å². The summed E-state index contributed by atoms with van der Waals surface area (Å²) in [6, 6.07) is 16.8. The Kier molecular flexibility index (Phi) is 18.0. The Bertz CT molecular complexity index is 2190. The van der Waals surface area contributed by atoms with Crippen LogP contribution in [0.3, 0.4) is 0 Å².